The molecule has 0 spiro atoms. The molecule has 0 bridgehead atoms. The van der Waals surface area contributed by atoms with Crippen LogP contribution in [0.2, 0.25) is 0 Å². The molecular weight excluding hydrogens is 302 g/mol. The minimum absolute atomic E-state index is 0.217. The van der Waals surface area contributed by atoms with E-state index < -0.39 is 0 Å². The molecular formula is C18H17N5O. The third-order valence-electron chi connectivity index (χ3n) is 3.51. The summed E-state index contributed by atoms with van der Waals surface area (Å²) in [4.78, 5) is 16.2. The first kappa shape index (κ1) is 15.6. The van der Waals surface area contributed by atoms with E-state index in [1.165, 1.54) is 6.08 Å². The van der Waals surface area contributed by atoms with Crippen molar-refractivity contribution in [3.8, 4) is 11.1 Å². The van der Waals surface area contributed by atoms with Gasteiger partial charge in [0.25, 0.3) is 0 Å². The first-order chi connectivity index (χ1) is 11.8. The number of hydrogen-bond acceptors (Lipinski definition) is 4. The average molecular weight is 319 g/mol. The van der Waals surface area contributed by atoms with E-state index in [2.05, 4.69) is 20.5 Å². The van der Waals surface area contributed by atoms with Crippen molar-refractivity contribution in [2.75, 3.05) is 5.32 Å². The van der Waals surface area contributed by atoms with Crippen LogP contribution in [0.4, 0.5) is 5.69 Å². The van der Waals surface area contributed by atoms with Gasteiger partial charge in [-0.3, -0.25) is 14.9 Å². The number of amides is 1. The second-order valence-corrected chi connectivity index (χ2v) is 5.18. The molecule has 120 valence electrons. The molecule has 3 rings (SSSR count). The molecule has 0 atom stereocenters. The van der Waals surface area contributed by atoms with E-state index >= 15 is 0 Å². The van der Waals surface area contributed by atoms with Gasteiger partial charge in [0.15, 0.2) is 0 Å². The van der Waals surface area contributed by atoms with Crippen LogP contribution in [-0.2, 0) is 11.3 Å². The summed E-state index contributed by atoms with van der Waals surface area (Å²) in [5, 5.41) is 9.55. The molecule has 0 saturated carbocycles. The van der Waals surface area contributed by atoms with E-state index in [-0.39, 0.29) is 5.91 Å². The number of aromatic nitrogens is 3. The van der Waals surface area contributed by atoms with Crippen LogP contribution in [0.25, 0.3) is 17.2 Å². The fourth-order valence-electron chi connectivity index (χ4n) is 2.33. The molecule has 0 fully saturated rings. The van der Waals surface area contributed by atoms with Crippen molar-refractivity contribution in [2.24, 2.45) is 5.73 Å². The zero-order valence-electron chi connectivity index (χ0n) is 12.9. The van der Waals surface area contributed by atoms with Crippen LogP contribution < -0.4 is 11.1 Å². The second-order valence-electron chi connectivity index (χ2n) is 5.18. The third kappa shape index (κ3) is 3.74. The lowest BCUT2D eigenvalue weighted by molar-refractivity contribution is -0.111. The number of H-pyrrole nitrogens is 1. The van der Waals surface area contributed by atoms with Crippen LogP contribution in [0, 0.1) is 0 Å². The van der Waals surface area contributed by atoms with E-state index in [1.54, 1.807) is 30.9 Å². The molecule has 24 heavy (non-hydrogen) atoms. The molecule has 0 aliphatic heterocycles. The fraction of sp³-hybridized carbons (Fsp3) is 0.0556. The topological polar surface area (TPSA) is 96.7 Å². The Morgan fingerprint density at radius 1 is 1.29 bits per heavy atom. The second kappa shape index (κ2) is 7.34. The Hall–Kier alpha value is -3.25. The lowest BCUT2D eigenvalue weighted by atomic mass is 10.0. The Morgan fingerprint density at radius 2 is 2.21 bits per heavy atom. The maximum absolute atomic E-state index is 12.1. The highest BCUT2D eigenvalue weighted by Crippen LogP contribution is 2.22. The van der Waals surface area contributed by atoms with Crippen molar-refractivity contribution < 1.29 is 4.79 Å². The molecule has 0 aliphatic carbocycles. The Morgan fingerprint density at radius 3 is 3.00 bits per heavy atom. The van der Waals surface area contributed by atoms with Gasteiger partial charge in [-0.25, -0.2) is 0 Å². The van der Waals surface area contributed by atoms with E-state index in [0.717, 1.165) is 22.3 Å². The van der Waals surface area contributed by atoms with Gasteiger partial charge in [0.2, 0.25) is 5.91 Å². The number of nitrogens with zero attached hydrogens (tertiary/aromatic N) is 2. The highest BCUT2D eigenvalue weighted by molar-refractivity contribution is 6.02. The lowest BCUT2D eigenvalue weighted by Crippen LogP contribution is -2.08. The summed E-state index contributed by atoms with van der Waals surface area (Å²) in [7, 11) is 0. The lowest BCUT2D eigenvalue weighted by Gasteiger charge is -2.05. The van der Waals surface area contributed by atoms with Gasteiger partial charge in [-0.2, -0.15) is 5.10 Å². The first-order valence-corrected chi connectivity index (χ1v) is 7.47. The van der Waals surface area contributed by atoms with E-state index in [4.69, 9.17) is 5.73 Å². The van der Waals surface area contributed by atoms with Gasteiger partial charge in [0.05, 0.1) is 6.20 Å². The van der Waals surface area contributed by atoms with Crippen molar-refractivity contribution in [3.05, 3.63) is 72.3 Å². The van der Waals surface area contributed by atoms with Crippen molar-refractivity contribution in [3.63, 3.8) is 0 Å². The van der Waals surface area contributed by atoms with Crippen LogP contribution in [0.15, 0.2) is 61.2 Å². The number of carbonyl (C=O) groups excluding carboxylic acids is 1. The van der Waals surface area contributed by atoms with Gasteiger partial charge in [0.1, 0.15) is 0 Å². The number of benzene rings is 1. The molecule has 1 aromatic carbocycles. The number of anilines is 1. The Labute approximate surface area is 139 Å². The molecule has 2 aromatic heterocycles. The summed E-state index contributed by atoms with van der Waals surface area (Å²) < 4.78 is 0. The molecule has 6 heteroatoms. The number of nitrogens with two attached hydrogens (primary N) is 1. The predicted octanol–water partition coefficient (Wildman–Crippen LogP) is 2.58. The van der Waals surface area contributed by atoms with Crippen LogP contribution in [0.1, 0.15) is 11.1 Å². The highest BCUT2D eigenvalue weighted by Gasteiger charge is 2.05. The van der Waals surface area contributed by atoms with Gasteiger partial charge in [-0.15, -0.1) is 0 Å². The van der Waals surface area contributed by atoms with Crippen LogP contribution in [-0.4, -0.2) is 21.1 Å². The zero-order chi connectivity index (χ0) is 16.8. The van der Waals surface area contributed by atoms with Gasteiger partial charge in [0, 0.05) is 48.0 Å². The number of nitrogens with one attached hydrogen (secondary N) is 2. The van der Waals surface area contributed by atoms with E-state index in [9.17, 15) is 4.79 Å². The van der Waals surface area contributed by atoms with Crippen molar-refractivity contribution >= 4 is 17.7 Å². The molecule has 0 radical (unpaired) electrons. The average Bonchev–Trinajstić information content (AvgIpc) is 3.15. The highest BCUT2D eigenvalue weighted by atomic mass is 16.1. The van der Waals surface area contributed by atoms with E-state index in [1.807, 2.05) is 30.3 Å². The largest absolute Gasteiger partial charge is 0.326 e. The van der Waals surface area contributed by atoms with Crippen molar-refractivity contribution in [1.82, 2.24) is 15.2 Å². The number of pyridine rings is 1. The molecule has 0 aliphatic rings. The van der Waals surface area contributed by atoms with Gasteiger partial charge >= 0.3 is 0 Å². The monoisotopic (exact) mass is 319 g/mol. The Bertz CT molecular complexity index is 855. The normalized spacial score (nSPS) is 10.9. The summed E-state index contributed by atoms with van der Waals surface area (Å²) in [5.41, 5.74) is 10.0. The SMILES string of the molecule is NCc1cccc(NC(=O)/C=C/c2cnccc2-c2cn[nH]c2)c1. The maximum atomic E-state index is 12.1. The molecule has 0 unspecified atom stereocenters. The van der Waals surface area contributed by atoms with Crippen molar-refractivity contribution in [1.29, 1.82) is 0 Å². The van der Waals surface area contributed by atoms with Crippen molar-refractivity contribution in [2.45, 2.75) is 6.54 Å². The summed E-state index contributed by atoms with van der Waals surface area (Å²) in [5.74, 6) is -0.217. The smallest absolute Gasteiger partial charge is 0.248 e. The fourth-order valence-corrected chi connectivity index (χ4v) is 2.33. The molecule has 0 saturated heterocycles. The molecule has 3 aromatic rings. The summed E-state index contributed by atoms with van der Waals surface area (Å²) in [6.07, 6.45) is 10.2. The third-order valence-corrected chi connectivity index (χ3v) is 3.51. The predicted molar refractivity (Wildman–Crippen MR) is 93.8 cm³/mol. The van der Waals surface area contributed by atoms with E-state index in [0.29, 0.717) is 12.2 Å². The maximum Gasteiger partial charge on any atom is 0.248 e. The van der Waals surface area contributed by atoms with Gasteiger partial charge in [-0.1, -0.05) is 12.1 Å². The first-order valence-electron chi connectivity index (χ1n) is 7.47. The number of hydrogen-bond donors (Lipinski definition) is 3. The number of carbonyl (C=O) groups is 1. The number of rotatable bonds is 5. The minimum Gasteiger partial charge on any atom is -0.326 e. The zero-order valence-corrected chi connectivity index (χ0v) is 12.9. The molecule has 1 amide bonds. The summed E-state index contributed by atoms with van der Waals surface area (Å²) in [6.45, 7) is 0.434. The van der Waals surface area contributed by atoms with Gasteiger partial charge in [-0.05, 0) is 35.4 Å². The van der Waals surface area contributed by atoms with Crippen LogP contribution in [0.3, 0.4) is 0 Å². The van der Waals surface area contributed by atoms with Crippen LogP contribution >= 0.6 is 0 Å². The summed E-state index contributed by atoms with van der Waals surface area (Å²) >= 11 is 0. The molecule has 6 nitrogen and oxygen atoms in total. The Kier molecular flexibility index (Phi) is 4.78. The minimum atomic E-state index is -0.217. The Balaban J connectivity index is 1.75. The van der Waals surface area contributed by atoms with Crippen LogP contribution in [0.5, 0.6) is 0 Å². The number of aromatic amines is 1. The molecule has 4 N–H and O–H groups in total. The van der Waals surface area contributed by atoms with Gasteiger partial charge < -0.3 is 11.1 Å². The standard InChI is InChI=1S/C18H17N5O/c19-9-13-2-1-3-16(8-13)23-18(24)5-4-14-10-20-7-6-17(14)15-11-21-22-12-15/h1-8,10-12H,9,19H2,(H,21,22)(H,23,24)/b5-4+. The molecule has 2 heterocycles. The quantitative estimate of drug-likeness (QED) is 0.630. The summed E-state index contributed by atoms with van der Waals surface area (Å²) in [6, 6.07) is 9.34.